The number of hydrogen-bond donors (Lipinski definition) is 1. The molecule has 0 aliphatic heterocycles. The van der Waals surface area contributed by atoms with E-state index in [2.05, 4.69) is 16.2 Å². The molecular weight excluding hydrogens is 272 g/mol. The summed E-state index contributed by atoms with van der Waals surface area (Å²) in [7, 11) is 0. The van der Waals surface area contributed by atoms with E-state index >= 15 is 0 Å². The maximum absolute atomic E-state index is 12.4. The van der Waals surface area contributed by atoms with Crippen molar-refractivity contribution in [3.05, 3.63) is 41.0 Å². The number of nitrogens with one attached hydrogen (secondary N) is 1. The fourth-order valence-electron chi connectivity index (χ4n) is 2.05. The SMILES string of the molecule is C#CC(CCC)NC(=O)c1cc(Cl)nc2ccccc12. The smallest absolute Gasteiger partial charge is 0.253 e. The molecule has 1 aromatic heterocycles. The predicted octanol–water partition coefficient (Wildman–Crippen LogP) is 3.42. The quantitative estimate of drug-likeness (QED) is 0.691. The Morgan fingerprint density at radius 2 is 2.25 bits per heavy atom. The molecule has 0 saturated carbocycles. The highest BCUT2D eigenvalue weighted by Gasteiger charge is 2.15. The molecule has 0 radical (unpaired) electrons. The van der Waals surface area contributed by atoms with Crippen LogP contribution in [0.3, 0.4) is 0 Å². The number of pyridine rings is 1. The average Bonchev–Trinajstić information content (AvgIpc) is 2.45. The predicted molar refractivity (Wildman–Crippen MR) is 81.7 cm³/mol. The third-order valence-corrected chi connectivity index (χ3v) is 3.21. The summed E-state index contributed by atoms with van der Waals surface area (Å²) in [6, 6.07) is 8.69. The summed E-state index contributed by atoms with van der Waals surface area (Å²) in [5, 5.41) is 3.90. The van der Waals surface area contributed by atoms with Crippen molar-refractivity contribution in [2.45, 2.75) is 25.8 Å². The molecule has 0 aliphatic carbocycles. The van der Waals surface area contributed by atoms with Gasteiger partial charge in [0.2, 0.25) is 0 Å². The fourth-order valence-corrected chi connectivity index (χ4v) is 2.25. The summed E-state index contributed by atoms with van der Waals surface area (Å²) < 4.78 is 0. The Hall–Kier alpha value is -2.05. The zero-order valence-corrected chi connectivity index (χ0v) is 11.9. The van der Waals surface area contributed by atoms with Gasteiger partial charge in [-0.2, -0.15) is 0 Å². The Bertz CT molecular complexity index is 676. The van der Waals surface area contributed by atoms with Crippen molar-refractivity contribution >= 4 is 28.4 Å². The number of hydrogen-bond acceptors (Lipinski definition) is 2. The van der Waals surface area contributed by atoms with Crippen LogP contribution in [0.1, 0.15) is 30.1 Å². The summed E-state index contributed by atoms with van der Waals surface area (Å²) in [5.41, 5.74) is 1.19. The molecule has 0 aliphatic rings. The highest BCUT2D eigenvalue weighted by Crippen LogP contribution is 2.20. The van der Waals surface area contributed by atoms with E-state index in [-0.39, 0.29) is 11.9 Å². The van der Waals surface area contributed by atoms with E-state index in [1.165, 1.54) is 0 Å². The molecule has 1 amide bonds. The van der Waals surface area contributed by atoms with Crippen molar-refractivity contribution in [2.75, 3.05) is 0 Å². The van der Waals surface area contributed by atoms with Gasteiger partial charge in [-0.25, -0.2) is 4.98 Å². The van der Waals surface area contributed by atoms with Crippen molar-refractivity contribution in [1.82, 2.24) is 10.3 Å². The lowest BCUT2D eigenvalue weighted by Gasteiger charge is -2.13. The zero-order chi connectivity index (χ0) is 14.5. The van der Waals surface area contributed by atoms with Crippen LogP contribution < -0.4 is 5.32 Å². The monoisotopic (exact) mass is 286 g/mol. The molecule has 1 unspecified atom stereocenters. The molecule has 1 N–H and O–H groups in total. The van der Waals surface area contributed by atoms with Crippen molar-refractivity contribution in [1.29, 1.82) is 0 Å². The van der Waals surface area contributed by atoms with Crippen LogP contribution in [0.2, 0.25) is 5.15 Å². The van der Waals surface area contributed by atoms with Gasteiger partial charge >= 0.3 is 0 Å². The zero-order valence-electron chi connectivity index (χ0n) is 11.2. The Balaban J connectivity index is 2.37. The highest BCUT2D eigenvalue weighted by molar-refractivity contribution is 6.30. The Morgan fingerprint density at radius 1 is 1.50 bits per heavy atom. The lowest BCUT2D eigenvalue weighted by Crippen LogP contribution is -2.33. The number of amides is 1. The number of carbonyl (C=O) groups excluding carboxylic acids is 1. The normalized spacial score (nSPS) is 11.8. The van der Waals surface area contributed by atoms with Gasteiger partial charge in [-0.1, -0.05) is 49.1 Å². The molecule has 0 fully saturated rings. The van der Waals surface area contributed by atoms with Crippen LogP contribution in [0.4, 0.5) is 0 Å². The minimum absolute atomic E-state index is 0.220. The minimum atomic E-state index is -0.266. The Kier molecular flexibility index (Phi) is 4.60. The first kappa shape index (κ1) is 14.4. The van der Waals surface area contributed by atoms with E-state index in [4.69, 9.17) is 18.0 Å². The van der Waals surface area contributed by atoms with E-state index in [0.29, 0.717) is 16.2 Å². The van der Waals surface area contributed by atoms with Gasteiger partial charge in [0.15, 0.2) is 0 Å². The van der Waals surface area contributed by atoms with Gasteiger partial charge in [0.1, 0.15) is 5.15 Å². The van der Waals surface area contributed by atoms with E-state index in [1.54, 1.807) is 6.07 Å². The van der Waals surface area contributed by atoms with Crippen molar-refractivity contribution in [3.8, 4) is 12.3 Å². The third kappa shape index (κ3) is 3.09. The summed E-state index contributed by atoms with van der Waals surface area (Å²) in [6.07, 6.45) is 7.08. The second-order valence-electron chi connectivity index (χ2n) is 4.49. The molecule has 4 heteroatoms. The molecule has 0 bridgehead atoms. The van der Waals surface area contributed by atoms with Crippen LogP contribution in [0.25, 0.3) is 10.9 Å². The number of rotatable bonds is 4. The molecule has 1 aromatic carbocycles. The highest BCUT2D eigenvalue weighted by atomic mass is 35.5. The van der Waals surface area contributed by atoms with E-state index in [0.717, 1.165) is 18.2 Å². The molecule has 102 valence electrons. The van der Waals surface area contributed by atoms with E-state index in [1.807, 2.05) is 31.2 Å². The molecule has 3 nitrogen and oxygen atoms in total. The van der Waals surface area contributed by atoms with Crippen LogP contribution in [0, 0.1) is 12.3 Å². The topological polar surface area (TPSA) is 42.0 Å². The first-order valence-corrected chi connectivity index (χ1v) is 6.85. The van der Waals surface area contributed by atoms with Gasteiger partial charge in [0.05, 0.1) is 17.1 Å². The number of para-hydroxylation sites is 1. The molecule has 0 spiro atoms. The van der Waals surface area contributed by atoms with Gasteiger partial charge in [-0.05, 0) is 18.6 Å². The summed E-state index contributed by atoms with van der Waals surface area (Å²) in [4.78, 5) is 16.6. The van der Waals surface area contributed by atoms with Crippen LogP contribution >= 0.6 is 11.6 Å². The molecule has 1 heterocycles. The van der Waals surface area contributed by atoms with Crippen LogP contribution in [-0.2, 0) is 0 Å². The second-order valence-corrected chi connectivity index (χ2v) is 4.88. The lowest BCUT2D eigenvalue weighted by atomic mass is 10.1. The molecule has 1 atom stereocenters. The van der Waals surface area contributed by atoms with Crippen LogP contribution in [0.15, 0.2) is 30.3 Å². The van der Waals surface area contributed by atoms with Gasteiger partial charge in [0, 0.05) is 5.39 Å². The average molecular weight is 287 g/mol. The van der Waals surface area contributed by atoms with Crippen LogP contribution in [0.5, 0.6) is 0 Å². The van der Waals surface area contributed by atoms with E-state index < -0.39 is 0 Å². The number of fused-ring (bicyclic) bond motifs is 1. The van der Waals surface area contributed by atoms with Gasteiger partial charge in [-0.15, -0.1) is 6.42 Å². The van der Waals surface area contributed by atoms with Crippen molar-refractivity contribution in [3.63, 3.8) is 0 Å². The standard InChI is InChI=1S/C16H15ClN2O/c1-3-7-11(4-2)18-16(20)13-10-15(17)19-14-9-6-5-8-12(13)14/h2,5-6,8-11H,3,7H2,1H3,(H,18,20). The fraction of sp³-hybridized carbons (Fsp3) is 0.250. The van der Waals surface area contributed by atoms with Crippen molar-refractivity contribution < 1.29 is 4.79 Å². The van der Waals surface area contributed by atoms with Crippen molar-refractivity contribution in [2.24, 2.45) is 0 Å². The molecule has 0 saturated heterocycles. The van der Waals surface area contributed by atoms with Gasteiger partial charge < -0.3 is 5.32 Å². The summed E-state index contributed by atoms with van der Waals surface area (Å²) in [5.74, 6) is 2.37. The summed E-state index contributed by atoms with van der Waals surface area (Å²) in [6.45, 7) is 2.02. The maximum Gasteiger partial charge on any atom is 0.253 e. The minimum Gasteiger partial charge on any atom is -0.338 e. The number of terminal acetylenes is 1. The molecular formula is C16H15ClN2O. The molecule has 2 aromatic rings. The molecule has 20 heavy (non-hydrogen) atoms. The largest absolute Gasteiger partial charge is 0.338 e. The van der Waals surface area contributed by atoms with Gasteiger partial charge in [-0.3, -0.25) is 4.79 Å². The number of carbonyl (C=O) groups is 1. The number of aromatic nitrogens is 1. The van der Waals surface area contributed by atoms with Gasteiger partial charge in [0.25, 0.3) is 5.91 Å². The Labute approximate surface area is 123 Å². The first-order chi connectivity index (χ1) is 9.65. The molecule has 2 rings (SSSR count). The number of halogens is 1. The van der Waals surface area contributed by atoms with E-state index in [9.17, 15) is 4.79 Å². The Morgan fingerprint density at radius 3 is 2.95 bits per heavy atom. The number of nitrogens with zero attached hydrogens (tertiary/aromatic N) is 1. The van der Waals surface area contributed by atoms with Crippen LogP contribution in [-0.4, -0.2) is 16.9 Å². The first-order valence-electron chi connectivity index (χ1n) is 6.48. The summed E-state index contributed by atoms with van der Waals surface area (Å²) >= 11 is 5.97. The lowest BCUT2D eigenvalue weighted by molar-refractivity contribution is 0.0946. The number of benzene rings is 1. The maximum atomic E-state index is 12.4. The third-order valence-electron chi connectivity index (χ3n) is 3.01. The second kappa shape index (κ2) is 6.40.